The second kappa shape index (κ2) is 7.75. The van der Waals surface area contributed by atoms with Crippen molar-refractivity contribution in [2.75, 3.05) is 0 Å². The van der Waals surface area contributed by atoms with Gasteiger partial charge in [-0.3, -0.25) is 0 Å². The van der Waals surface area contributed by atoms with Crippen LogP contribution in [0.5, 0.6) is 0 Å². The number of hydrogen-bond acceptors (Lipinski definition) is 2. The highest BCUT2D eigenvalue weighted by Crippen LogP contribution is 2.73. The van der Waals surface area contributed by atoms with Crippen LogP contribution >= 0.6 is 0 Å². The highest BCUT2D eigenvalue weighted by atomic mass is 16.3. The fraction of sp³-hybridized carbons (Fsp3) is 1.00. The molecule has 0 aromatic carbocycles. The molecule has 0 aliphatic heterocycles. The zero-order valence-corrected chi connectivity index (χ0v) is 20.8. The van der Waals surface area contributed by atoms with Gasteiger partial charge < -0.3 is 10.2 Å². The van der Waals surface area contributed by atoms with E-state index in [0.717, 1.165) is 48.9 Å². The molecule has 2 nitrogen and oxygen atoms in total. The van der Waals surface area contributed by atoms with Crippen LogP contribution in [-0.4, -0.2) is 21.9 Å². The Labute approximate surface area is 186 Å². The molecule has 0 aromatic rings. The van der Waals surface area contributed by atoms with Gasteiger partial charge in [0, 0.05) is 0 Å². The normalized spacial score (nSPS) is 52.8. The monoisotopic (exact) mass is 418 g/mol. The molecule has 0 radical (unpaired) electrons. The summed E-state index contributed by atoms with van der Waals surface area (Å²) in [5, 5.41) is 20.4. The van der Waals surface area contributed by atoms with Crippen molar-refractivity contribution in [1.29, 1.82) is 0 Å². The van der Waals surface area contributed by atoms with Gasteiger partial charge in [0.2, 0.25) is 0 Å². The topological polar surface area (TPSA) is 40.5 Å². The first-order valence-corrected chi connectivity index (χ1v) is 13.3. The lowest BCUT2D eigenvalue weighted by Crippen LogP contribution is -2.60. The Balaban J connectivity index is 1.52. The molecule has 4 saturated carbocycles. The van der Waals surface area contributed by atoms with Crippen LogP contribution in [0.3, 0.4) is 0 Å². The second-order valence-corrected chi connectivity index (χ2v) is 13.5. The van der Waals surface area contributed by atoms with Crippen LogP contribution in [0.15, 0.2) is 0 Å². The van der Waals surface area contributed by atoms with Gasteiger partial charge in [-0.1, -0.05) is 40.5 Å². The van der Waals surface area contributed by atoms with Crippen LogP contribution in [0.4, 0.5) is 0 Å². The number of aliphatic hydroxyl groups excluding tert-OH is 1. The van der Waals surface area contributed by atoms with E-state index in [1.807, 2.05) is 6.92 Å². The van der Waals surface area contributed by atoms with E-state index in [0.29, 0.717) is 16.2 Å². The minimum atomic E-state index is -0.430. The van der Waals surface area contributed by atoms with Gasteiger partial charge in [0.15, 0.2) is 0 Å². The van der Waals surface area contributed by atoms with E-state index in [1.54, 1.807) is 0 Å². The summed E-state index contributed by atoms with van der Waals surface area (Å²) >= 11 is 0. The van der Waals surface area contributed by atoms with Gasteiger partial charge in [-0.2, -0.15) is 0 Å². The molecule has 0 spiro atoms. The molecule has 10 atom stereocenters. The molecular formula is C28H50O2. The van der Waals surface area contributed by atoms with Crippen molar-refractivity contribution < 1.29 is 10.2 Å². The molecule has 4 rings (SSSR count). The van der Waals surface area contributed by atoms with E-state index in [-0.39, 0.29) is 6.10 Å². The molecule has 2 N–H and O–H groups in total. The third-order valence-electron chi connectivity index (χ3n) is 11.6. The molecule has 4 aliphatic carbocycles. The summed E-state index contributed by atoms with van der Waals surface area (Å²) in [5.74, 6) is 4.11. The van der Waals surface area contributed by atoms with Gasteiger partial charge in [-0.15, -0.1) is 0 Å². The van der Waals surface area contributed by atoms with E-state index in [1.165, 1.54) is 57.8 Å². The molecular weight excluding hydrogens is 368 g/mol. The summed E-state index contributed by atoms with van der Waals surface area (Å²) < 4.78 is 0. The quantitative estimate of drug-likeness (QED) is 0.506. The minimum absolute atomic E-state index is 0.148. The Morgan fingerprint density at radius 3 is 2.13 bits per heavy atom. The Morgan fingerprint density at radius 2 is 1.43 bits per heavy atom. The molecule has 0 bridgehead atoms. The van der Waals surface area contributed by atoms with Crippen molar-refractivity contribution in [2.45, 2.75) is 130 Å². The molecule has 4 fully saturated rings. The maximum atomic E-state index is 10.8. The van der Waals surface area contributed by atoms with Gasteiger partial charge in [0.1, 0.15) is 0 Å². The summed E-state index contributed by atoms with van der Waals surface area (Å²) in [6.07, 6.45) is 14.9. The van der Waals surface area contributed by atoms with Crippen molar-refractivity contribution in [3.8, 4) is 0 Å². The first-order valence-electron chi connectivity index (χ1n) is 13.3. The van der Waals surface area contributed by atoms with E-state index in [9.17, 15) is 10.2 Å². The lowest BCUT2D eigenvalue weighted by atomic mass is 9.38. The molecule has 0 heterocycles. The van der Waals surface area contributed by atoms with Crippen LogP contribution in [0.2, 0.25) is 0 Å². The molecule has 0 amide bonds. The summed E-state index contributed by atoms with van der Waals surface area (Å²) in [4.78, 5) is 0. The lowest BCUT2D eigenvalue weighted by molar-refractivity contribution is -0.187. The Hall–Kier alpha value is -0.0800. The largest absolute Gasteiger partial charge is 0.393 e. The molecule has 30 heavy (non-hydrogen) atoms. The zero-order valence-electron chi connectivity index (χ0n) is 20.8. The molecule has 2 heteroatoms. The van der Waals surface area contributed by atoms with Crippen molar-refractivity contribution in [1.82, 2.24) is 0 Å². The number of fused-ring (bicyclic) bond motifs is 5. The fourth-order valence-corrected chi connectivity index (χ4v) is 10.0. The summed E-state index contributed by atoms with van der Waals surface area (Å²) in [6, 6.07) is 0. The first kappa shape index (κ1) is 23.1. The van der Waals surface area contributed by atoms with Crippen LogP contribution in [0.25, 0.3) is 0 Å². The number of rotatable bonds is 5. The van der Waals surface area contributed by atoms with Gasteiger partial charge in [-0.05, 0) is 124 Å². The van der Waals surface area contributed by atoms with Crippen LogP contribution in [0.1, 0.15) is 119 Å². The highest BCUT2D eigenvalue weighted by Gasteiger charge is 2.65. The Morgan fingerprint density at radius 1 is 0.767 bits per heavy atom. The molecule has 0 unspecified atom stereocenters. The van der Waals surface area contributed by atoms with E-state index >= 15 is 0 Å². The van der Waals surface area contributed by atoms with Crippen LogP contribution in [-0.2, 0) is 0 Å². The summed E-state index contributed by atoms with van der Waals surface area (Å²) in [5.41, 5.74) is 1.02. The van der Waals surface area contributed by atoms with Gasteiger partial charge in [0.25, 0.3) is 0 Å². The summed E-state index contributed by atoms with van der Waals surface area (Å²) in [6.45, 7) is 14.5. The van der Waals surface area contributed by atoms with E-state index < -0.39 is 5.60 Å². The minimum Gasteiger partial charge on any atom is -0.393 e. The maximum Gasteiger partial charge on any atom is 0.0622 e. The lowest BCUT2D eigenvalue weighted by Gasteiger charge is -2.66. The molecule has 0 aromatic heterocycles. The average Bonchev–Trinajstić information content (AvgIpc) is 3.00. The predicted molar refractivity (Wildman–Crippen MR) is 125 cm³/mol. The van der Waals surface area contributed by atoms with Crippen molar-refractivity contribution in [2.24, 2.45) is 45.8 Å². The summed E-state index contributed by atoms with van der Waals surface area (Å²) in [7, 11) is 0. The van der Waals surface area contributed by atoms with Crippen molar-refractivity contribution >= 4 is 0 Å². The SMILES string of the molecule is C[C@H](CCC[C@@H](C)O)[C@H]1CC[C@H]2[C@]3(C)CC[C@H]4C[C@@](C)(O)CC[C@]4(C)[C@H]3CC[C@@]21C. The van der Waals surface area contributed by atoms with E-state index in [4.69, 9.17) is 0 Å². The zero-order chi connectivity index (χ0) is 21.9. The molecule has 0 saturated heterocycles. The van der Waals surface area contributed by atoms with Gasteiger partial charge in [-0.25, -0.2) is 0 Å². The molecule has 4 aliphatic rings. The number of aliphatic hydroxyl groups is 2. The maximum absolute atomic E-state index is 10.8. The Bertz CT molecular complexity index is 626. The highest BCUT2D eigenvalue weighted by molar-refractivity contribution is 5.14. The van der Waals surface area contributed by atoms with Gasteiger partial charge in [0.05, 0.1) is 11.7 Å². The van der Waals surface area contributed by atoms with Crippen LogP contribution < -0.4 is 0 Å². The van der Waals surface area contributed by atoms with Crippen molar-refractivity contribution in [3.63, 3.8) is 0 Å². The van der Waals surface area contributed by atoms with Crippen molar-refractivity contribution in [3.05, 3.63) is 0 Å². The number of hydrogen-bond donors (Lipinski definition) is 2. The third kappa shape index (κ3) is 3.60. The Kier molecular flexibility index (Phi) is 5.97. The van der Waals surface area contributed by atoms with Crippen LogP contribution in [0, 0.1) is 45.8 Å². The standard InChI is InChI=1S/C28H50O2/c1-19(8-7-9-20(2)29)22-10-11-23-27(22,5)15-13-24-26(4)17-16-25(3,30)18-21(26)12-14-28(23,24)6/h19-24,29-30H,7-18H2,1-6H3/t19-,20-,21+,22-,23-,24-,25+,26+,27-,28+/m1/s1. The van der Waals surface area contributed by atoms with Gasteiger partial charge >= 0.3 is 0 Å². The predicted octanol–water partition coefficient (Wildman–Crippen LogP) is 6.97. The van der Waals surface area contributed by atoms with E-state index in [2.05, 4.69) is 34.6 Å². The molecule has 174 valence electrons. The first-order chi connectivity index (χ1) is 13.9. The average molecular weight is 419 g/mol. The third-order valence-corrected chi connectivity index (χ3v) is 11.6. The smallest absolute Gasteiger partial charge is 0.0622 e. The fourth-order valence-electron chi connectivity index (χ4n) is 10.0. The second-order valence-electron chi connectivity index (χ2n) is 13.5.